The molecule has 6 rings (SSSR count). The van der Waals surface area contributed by atoms with E-state index >= 15 is 0 Å². The van der Waals surface area contributed by atoms with Crippen molar-refractivity contribution in [2.45, 2.75) is 143 Å². The Bertz CT molecular complexity index is 863. The molecule has 40 heavy (non-hydrogen) atoms. The first-order valence-electron chi connectivity index (χ1n) is 18.1. The topological polar surface area (TPSA) is 60.7 Å². The third-order valence-corrected chi connectivity index (χ3v) is 15.6. The van der Waals surface area contributed by atoms with Crippen LogP contribution in [0.4, 0.5) is 0 Å². The van der Waals surface area contributed by atoms with E-state index in [1.165, 1.54) is 77.0 Å². The highest BCUT2D eigenvalue weighted by Gasteiger charge is 2.63. The summed E-state index contributed by atoms with van der Waals surface area (Å²) in [5.74, 6) is 8.36. The van der Waals surface area contributed by atoms with Crippen LogP contribution in [0.15, 0.2) is 0 Å². The number of hydrogen-bond donors (Lipinski definition) is 3. The molecule has 3 N–H and O–H groups in total. The van der Waals surface area contributed by atoms with Gasteiger partial charge in [-0.15, -0.1) is 0 Å². The smallest absolute Gasteiger partial charge is 0.0654 e. The molecule has 6 fully saturated rings. The van der Waals surface area contributed by atoms with Gasteiger partial charge in [-0.3, -0.25) is 0 Å². The fourth-order valence-corrected chi connectivity index (χ4v) is 13.3. The average Bonchev–Trinajstić information content (AvgIpc) is 3.30. The first-order chi connectivity index (χ1) is 19.0. The lowest BCUT2D eigenvalue weighted by Gasteiger charge is -2.65. The minimum Gasteiger partial charge on any atom is -0.393 e. The van der Waals surface area contributed by atoms with Crippen LogP contribution in [0.3, 0.4) is 0 Å². The second-order valence-corrected chi connectivity index (χ2v) is 17.3. The summed E-state index contributed by atoms with van der Waals surface area (Å²) in [5.41, 5.74) is -0.213. The van der Waals surface area contributed by atoms with Crippen molar-refractivity contribution in [2.75, 3.05) is 0 Å². The zero-order chi connectivity index (χ0) is 28.5. The maximum Gasteiger partial charge on any atom is 0.0654 e. The Labute approximate surface area is 246 Å². The summed E-state index contributed by atoms with van der Waals surface area (Å²) in [5, 5.41) is 34.7. The lowest BCUT2D eigenvalue weighted by atomic mass is 9.41. The van der Waals surface area contributed by atoms with Crippen molar-refractivity contribution < 1.29 is 15.3 Å². The highest BCUT2D eigenvalue weighted by Crippen LogP contribution is 2.65. The van der Waals surface area contributed by atoms with Crippen molar-refractivity contribution in [3.63, 3.8) is 0 Å². The molecule has 0 bridgehead atoms. The summed E-state index contributed by atoms with van der Waals surface area (Å²) in [6.45, 7) is 13.8. The van der Waals surface area contributed by atoms with Gasteiger partial charge in [0.1, 0.15) is 0 Å². The maximum absolute atomic E-state index is 12.3. The molecule has 3 nitrogen and oxygen atoms in total. The molecule has 0 aromatic carbocycles. The SMILES string of the molecule is CC(O)C1C(C)CC2CC3CC4C(C5CCC(CC6CCCC6C)CC5)CCC(C)C4C(O)C3C(C)C2(C)C1O. The van der Waals surface area contributed by atoms with Gasteiger partial charge in [-0.2, -0.15) is 0 Å². The molecule has 0 aromatic rings. The van der Waals surface area contributed by atoms with Gasteiger partial charge in [0.15, 0.2) is 0 Å². The molecule has 0 amide bonds. The maximum atomic E-state index is 12.3. The zero-order valence-corrected chi connectivity index (χ0v) is 26.8. The van der Waals surface area contributed by atoms with E-state index in [1.54, 1.807) is 0 Å². The number of fused-ring (bicyclic) bond motifs is 3. The van der Waals surface area contributed by atoms with E-state index < -0.39 is 12.2 Å². The number of rotatable bonds is 4. The third kappa shape index (κ3) is 4.87. The number of aliphatic hydroxyl groups is 3. The molecule has 0 saturated heterocycles. The summed E-state index contributed by atoms with van der Waals surface area (Å²) in [6.07, 6.45) is 16.8. The monoisotopic (exact) mass is 556 g/mol. The second-order valence-electron chi connectivity index (χ2n) is 17.3. The van der Waals surface area contributed by atoms with Crippen LogP contribution in [0.5, 0.6) is 0 Å². The molecule has 16 atom stereocenters. The van der Waals surface area contributed by atoms with Crippen molar-refractivity contribution in [3.05, 3.63) is 0 Å². The van der Waals surface area contributed by atoms with Crippen molar-refractivity contribution in [1.29, 1.82) is 0 Å². The van der Waals surface area contributed by atoms with Gasteiger partial charge in [0.25, 0.3) is 0 Å². The summed E-state index contributed by atoms with van der Waals surface area (Å²) >= 11 is 0. The van der Waals surface area contributed by atoms with E-state index in [4.69, 9.17) is 0 Å². The standard InChI is InChI=1S/C37H64O3/c1-20-8-7-9-27(20)17-25-11-13-26(14-12-25)30-15-10-21(2)33-31(30)19-28-18-29-16-22(3)32(24(5)38)36(40)37(29,6)23(4)34(28)35(33)39/h20-36,38-40H,7-19H2,1-6H3. The van der Waals surface area contributed by atoms with Crippen LogP contribution in [0.1, 0.15) is 125 Å². The Balaban J connectivity index is 1.17. The van der Waals surface area contributed by atoms with E-state index in [2.05, 4.69) is 34.6 Å². The van der Waals surface area contributed by atoms with Crippen molar-refractivity contribution in [1.82, 2.24) is 0 Å². The summed E-state index contributed by atoms with van der Waals surface area (Å²) in [7, 11) is 0. The molecule has 6 saturated carbocycles. The third-order valence-electron chi connectivity index (χ3n) is 15.6. The lowest BCUT2D eigenvalue weighted by Crippen LogP contribution is -2.65. The van der Waals surface area contributed by atoms with Gasteiger partial charge in [-0.05, 0) is 134 Å². The van der Waals surface area contributed by atoms with Gasteiger partial charge in [0.05, 0.1) is 18.3 Å². The summed E-state index contributed by atoms with van der Waals surface area (Å²) in [6, 6.07) is 0. The van der Waals surface area contributed by atoms with Gasteiger partial charge >= 0.3 is 0 Å². The highest BCUT2D eigenvalue weighted by molar-refractivity contribution is 5.12. The molecule has 0 radical (unpaired) electrons. The molecule has 0 aliphatic heterocycles. The van der Waals surface area contributed by atoms with Crippen LogP contribution in [0.2, 0.25) is 0 Å². The zero-order valence-electron chi connectivity index (χ0n) is 26.8. The van der Waals surface area contributed by atoms with Crippen LogP contribution in [-0.2, 0) is 0 Å². The Kier molecular flexibility index (Phi) is 8.55. The molecule has 0 heterocycles. The fourth-order valence-electron chi connectivity index (χ4n) is 13.3. The molecular weight excluding hydrogens is 492 g/mol. The average molecular weight is 557 g/mol. The highest BCUT2D eigenvalue weighted by atomic mass is 16.3. The summed E-state index contributed by atoms with van der Waals surface area (Å²) in [4.78, 5) is 0. The van der Waals surface area contributed by atoms with Gasteiger partial charge in [0, 0.05) is 5.92 Å². The van der Waals surface area contributed by atoms with Gasteiger partial charge < -0.3 is 15.3 Å². The molecule has 230 valence electrons. The first-order valence-corrected chi connectivity index (χ1v) is 18.1. The fraction of sp³-hybridized carbons (Fsp3) is 1.00. The Morgan fingerprint density at radius 2 is 1.45 bits per heavy atom. The minimum atomic E-state index is -0.485. The molecular formula is C37H64O3. The quantitative estimate of drug-likeness (QED) is 0.329. The molecule has 16 unspecified atom stereocenters. The van der Waals surface area contributed by atoms with Crippen molar-refractivity contribution in [3.8, 4) is 0 Å². The van der Waals surface area contributed by atoms with Crippen molar-refractivity contribution >= 4 is 0 Å². The molecule has 0 aromatic heterocycles. The van der Waals surface area contributed by atoms with Crippen LogP contribution >= 0.6 is 0 Å². The Morgan fingerprint density at radius 1 is 0.725 bits per heavy atom. The Hall–Kier alpha value is -0.120. The van der Waals surface area contributed by atoms with Crippen LogP contribution in [0, 0.1) is 88.3 Å². The van der Waals surface area contributed by atoms with E-state index in [-0.39, 0.29) is 23.4 Å². The van der Waals surface area contributed by atoms with E-state index in [9.17, 15) is 15.3 Å². The molecule has 3 heteroatoms. The van der Waals surface area contributed by atoms with Crippen molar-refractivity contribution in [2.24, 2.45) is 88.3 Å². The van der Waals surface area contributed by atoms with Crippen LogP contribution in [0.25, 0.3) is 0 Å². The Morgan fingerprint density at radius 3 is 2.10 bits per heavy atom. The molecule has 0 spiro atoms. The predicted octanol–water partition coefficient (Wildman–Crippen LogP) is 7.95. The van der Waals surface area contributed by atoms with Gasteiger partial charge in [0.2, 0.25) is 0 Å². The lowest BCUT2D eigenvalue weighted by molar-refractivity contribution is -0.227. The minimum absolute atomic E-state index is 0.0567. The van der Waals surface area contributed by atoms with Gasteiger partial charge in [-0.25, -0.2) is 0 Å². The predicted molar refractivity (Wildman–Crippen MR) is 163 cm³/mol. The van der Waals surface area contributed by atoms with Gasteiger partial charge in [-0.1, -0.05) is 73.1 Å². The molecule has 6 aliphatic carbocycles. The second kappa shape index (κ2) is 11.4. The van der Waals surface area contributed by atoms with E-state index in [0.717, 1.165) is 36.0 Å². The van der Waals surface area contributed by atoms with Crippen LogP contribution in [-0.4, -0.2) is 33.6 Å². The number of aliphatic hydroxyl groups excluding tert-OH is 3. The van der Waals surface area contributed by atoms with Crippen LogP contribution < -0.4 is 0 Å². The largest absolute Gasteiger partial charge is 0.393 e. The first kappa shape index (κ1) is 29.9. The van der Waals surface area contributed by atoms with E-state index in [0.29, 0.717) is 41.4 Å². The summed E-state index contributed by atoms with van der Waals surface area (Å²) < 4.78 is 0. The van der Waals surface area contributed by atoms with E-state index in [1.807, 2.05) is 6.92 Å². The molecule has 6 aliphatic rings. The normalized spacial score (nSPS) is 57.5. The number of hydrogen-bond acceptors (Lipinski definition) is 3.